The maximum Gasteiger partial charge on any atom is 0.356 e. The van der Waals surface area contributed by atoms with E-state index >= 15 is 0 Å². The van der Waals surface area contributed by atoms with Crippen LogP contribution in [0, 0.1) is 0 Å². The predicted octanol–water partition coefficient (Wildman–Crippen LogP) is 3.42. The SMILES string of the molecule is CCOC(=O)C1=C(C)N(C(C)OCC)C(c2cccc(Cl)c2)N1. The van der Waals surface area contributed by atoms with Crippen LogP contribution < -0.4 is 5.32 Å². The monoisotopic (exact) mass is 338 g/mol. The maximum absolute atomic E-state index is 12.2. The number of allylic oxidation sites excluding steroid dienone is 1. The Morgan fingerprint density at radius 2 is 2.13 bits per heavy atom. The van der Waals surface area contributed by atoms with E-state index < -0.39 is 0 Å². The van der Waals surface area contributed by atoms with Gasteiger partial charge in [0.2, 0.25) is 0 Å². The molecule has 126 valence electrons. The van der Waals surface area contributed by atoms with E-state index in [1.807, 2.05) is 49.9 Å². The third-order valence-corrected chi connectivity index (χ3v) is 3.99. The number of esters is 1. The van der Waals surface area contributed by atoms with Crippen molar-refractivity contribution < 1.29 is 14.3 Å². The van der Waals surface area contributed by atoms with Gasteiger partial charge in [0.25, 0.3) is 0 Å². The van der Waals surface area contributed by atoms with E-state index in [0.717, 1.165) is 11.3 Å². The number of nitrogens with one attached hydrogen (secondary N) is 1. The minimum Gasteiger partial charge on any atom is -0.461 e. The Balaban J connectivity index is 2.37. The quantitative estimate of drug-likeness (QED) is 0.805. The van der Waals surface area contributed by atoms with E-state index in [2.05, 4.69) is 5.32 Å². The second-order valence-corrected chi connectivity index (χ2v) is 5.68. The molecule has 1 heterocycles. The normalized spacial score (nSPS) is 18.8. The largest absolute Gasteiger partial charge is 0.461 e. The average molecular weight is 339 g/mol. The molecule has 6 heteroatoms. The van der Waals surface area contributed by atoms with E-state index in [0.29, 0.717) is 23.9 Å². The number of hydrogen-bond acceptors (Lipinski definition) is 5. The fourth-order valence-corrected chi connectivity index (χ4v) is 2.97. The summed E-state index contributed by atoms with van der Waals surface area (Å²) in [5.74, 6) is -0.358. The van der Waals surface area contributed by atoms with Crippen molar-refractivity contribution in [3.63, 3.8) is 0 Å². The molecule has 5 nitrogen and oxygen atoms in total. The lowest BCUT2D eigenvalue weighted by atomic mass is 10.1. The minimum absolute atomic E-state index is 0.191. The van der Waals surface area contributed by atoms with Gasteiger partial charge in [-0.25, -0.2) is 4.79 Å². The zero-order valence-corrected chi connectivity index (χ0v) is 14.7. The number of carbonyl (C=O) groups excluding carboxylic acids is 1. The molecule has 0 radical (unpaired) electrons. The van der Waals surface area contributed by atoms with E-state index in [4.69, 9.17) is 21.1 Å². The van der Waals surface area contributed by atoms with Crippen molar-refractivity contribution in [2.45, 2.75) is 40.1 Å². The summed E-state index contributed by atoms with van der Waals surface area (Å²) >= 11 is 6.11. The predicted molar refractivity (Wildman–Crippen MR) is 89.6 cm³/mol. The van der Waals surface area contributed by atoms with Gasteiger partial charge in [0.05, 0.1) is 6.61 Å². The number of nitrogens with zero attached hydrogens (tertiary/aromatic N) is 1. The van der Waals surface area contributed by atoms with Crippen molar-refractivity contribution in [2.24, 2.45) is 0 Å². The van der Waals surface area contributed by atoms with Gasteiger partial charge in [-0.2, -0.15) is 0 Å². The van der Waals surface area contributed by atoms with Crippen LogP contribution in [-0.4, -0.2) is 30.3 Å². The van der Waals surface area contributed by atoms with Crippen molar-refractivity contribution in [1.82, 2.24) is 10.2 Å². The Bertz CT molecular complexity index is 603. The average Bonchev–Trinajstić information content (AvgIpc) is 2.85. The number of halogens is 1. The van der Waals surface area contributed by atoms with Crippen LogP contribution in [0.25, 0.3) is 0 Å². The third-order valence-electron chi connectivity index (χ3n) is 3.75. The van der Waals surface area contributed by atoms with Crippen molar-refractivity contribution in [1.29, 1.82) is 0 Å². The van der Waals surface area contributed by atoms with Gasteiger partial charge in [0.15, 0.2) is 0 Å². The molecule has 1 aliphatic rings. The summed E-state index contributed by atoms with van der Waals surface area (Å²) in [7, 11) is 0. The molecule has 2 unspecified atom stereocenters. The van der Waals surface area contributed by atoms with Gasteiger partial charge < -0.3 is 19.7 Å². The number of rotatable bonds is 6. The van der Waals surface area contributed by atoms with Gasteiger partial charge in [-0.1, -0.05) is 23.7 Å². The van der Waals surface area contributed by atoms with Crippen LogP contribution in [0.3, 0.4) is 0 Å². The van der Waals surface area contributed by atoms with E-state index in [-0.39, 0.29) is 18.4 Å². The highest BCUT2D eigenvalue weighted by Gasteiger charge is 2.36. The molecule has 1 aromatic rings. The van der Waals surface area contributed by atoms with Crippen LogP contribution >= 0.6 is 11.6 Å². The number of ether oxygens (including phenoxy) is 2. The van der Waals surface area contributed by atoms with Gasteiger partial charge in [-0.05, 0) is 45.4 Å². The lowest BCUT2D eigenvalue weighted by Crippen LogP contribution is -2.37. The Morgan fingerprint density at radius 3 is 2.74 bits per heavy atom. The summed E-state index contributed by atoms with van der Waals surface area (Å²) in [6.45, 7) is 8.50. The summed E-state index contributed by atoms with van der Waals surface area (Å²) in [4.78, 5) is 14.2. The molecule has 2 atom stereocenters. The number of carbonyl (C=O) groups is 1. The van der Waals surface area contributed by atoms with Crippen LogP contribution in [0.5, 0.6) is 0 Å². The highest BCUT2D eigenvalue weighted by Crippen LogP contribution is 2.34. The molecular formula is C17H23ClN2O3. The molecule has 0 amide bonds. The molecule has 0 saturated carbocycles. The molecule has 0 aromatic heterocycles. The Hall–Kier alpha value is -1.72. The lowest BCUT2D eigenvalue weighted by molar-refractivity contribution is -0.138. The topological polar surface area (TPSA) is 50.8 Å². The molecule has 1 N–H and O–H groups in total. The lowest BCUT2D eigenvalue weighted by Gasteiger charge is -2.33. The Labute approximate surface area is 142 Å². The fourth-order valence-electron chi connectivity index (χ4n) is 2.77. The van der Waals surface area contributed by atoms with Crippen LogP contribution in [0.1, 0.15) is 39.4 Å². The first-order chi connectivity index (χ1) is 11.0. The number of benzene rings is 1. The van der Waals surface area contributed by atoms with Crippen molar-refractivity contribution >= 4 is 17.6 Å². The summed E-state index contributed by atoms with van der Waals surface area (Å²) in [6.07, 6.45) is -0.418. The molecule has 0 saturated heterocycles. The smallest absolute Gasteiger partial charge is 0.356 e. The maximum atomic E-state index is 12.2. The molecule has 23 heavy (non-hydrogen) atoms. The highest BCUT2D eigenvalue weighted by atomic mass is 35.5. The van der Waals surface area contributed by atoms with Crippen molar-refractivity contribution in [3.05, 3.63) is 46.2 Å². The molecule has 0 aliphatic carbocycles. The van der Waals surface area contributed by atoms with Gasteiger partial charge in [0, 0.05) is 17.3 Å². The molecule has 0 spiro atoms. The van der Waals surface area contributed by atoms with E-state index in [9.17, 15) is 4.79 Å². The van der Waals surface area contributed by atoms with Gasteiger partial charge in [-0.3, -0.25) is 0 Å². The molecule has 0 bridgehead atoms. The second kappa shape index (κ2) is 7.70. The van der Waals surface area contributed by atoms with Gasteiger partial charge >= 0.3 is 5.97 Å². The van der Waals surface area contributed by atoms with Crippen LogP contribution in [-0.2, 0) is 14.3 Å². The first-order valence-corrected chi connectivity index (χ1v) is 8.17. The minimum atomic E-state index is -0.358. The van der Waals surface area contributed by atoms with Crippen LogP contribution in [0.15, 0.2) is 35.7 Å². The number of hydrogen-bond donors (Lipinski definition) is 1. The summed E-state index contributed by atoms with van der Waals surface area (Å²) in [5, 5.41) is 3.90. The Kier molecular flexibility index (Phi) is 5.91. The van der Waals surface area contributed by atoms with Crippen LogP contribution in [0.4, 0.5) is 0 Å². The zero-order valence-electron chi connectivity index (χ0n) is 13.9. The standard InChI is InChI=1S/C17H23ClN2O3/c1-5-22-12(4)20-11(3)15(17(21)23-6-2)19-16(20)13-8-7-9-14(18)10-13/h7-10,12,16,19H,5-6H2,1-4H3. The molecule has 1 aromatic carbocycles. The van der Waals surface area contributed by atoms with Gasteiger partial charge in [-0.15, -0.1) is 0 Å². The summed E-state index contributed by atoms with van der Waals surface area (Å²) < 4.78 is 10.9. The molecule has 0 fully saturated rings. The first-order valence-electron chi connectivity index (χ1n) is 7.79. The highest BCUT2D eigenvalue weighted by molar-refractivity contribution is 6.30. The van der Waals surface area contributed by atoms with Gasteiger partial charge in [0.1, 0.15) is 18.1 Å². The molecule has 2 rings (SSSR count). The molecule has 1 aliphatic heterocycles. The van der Waals surface area contributed by atoms with E-state index in [1.54, 1.807) is 6.92 Å². The van der Waals surface area contributed by atoms with Crippen molar-refractivity contribution in [3.8, 4) is 0 Å². The molecular weight excluding hydrogens is 316 g/mol. The van der Waals surface area contributed by atoms with Crippen molar-refractivity contribution in [2.75, 3.05) is 13.2 Å². The zero-order chi connectivity index (χ0) is 17.0. The third kappa shape index (κ3) is 3.79. The van der Waals surface area contributed by atoms with Crippen LogP contribution in [0.2, 0.25) is 5.02 Å². The Morgan fingerprint density at radius 1 is 1.39 bits per heavy atom. The van der Waals surface area contributed by atoms with E-state index in [1.165, 1.54) is 0 Å². The fraction of sp³-hybridized carbons (Fsp3) is 0.471. The summed E-state index contributed by atoms with van der Waals surface area (Å²) in [5.41, 5.74) is 2.22. The first kappa shape index (κ1) is 17.6. The second-order valence-electron chi connectivity index (χ2n) is 5.24. The summed E-state index contributed by atoms with van der Waals surface area (Å²) in [6, 6.07) is 7.56.